The maximum absolute atomic E-state index is 12.4. The van der Waals surface area contributed by atoms with Crippen LogP contribution >= 0.6 is 0 Å². The normalized spacial score (nSPS) is 10.6. The first-order valence-corrected chi connectivity index (χ1v) is 8.98. The van der Waals surface area contributed by atoms with Crippen molar-refractivity contribution in [3.05, 3.63) is 71.5 Å². The second-order valence-electron chi connectivity index (χ2n) is 6.48. The Morgan fingerprint density at radius 2 is 2.00 bits per heavy atom. The van der Waals surface area contributed by atoms with Crippen molar-refractivity contribution in [2.45, 2.75) is 6.42 Å². The number of hydrogen-bond acceptors (Lipinski definition) is 6. The number of aromatic amines is 1. The lowest BCUT2D eigenvalue weighted by atomic mass is 10.1. The summed E-state index contributed by atoms with van der Waals surface area (Å²) in [6.45, 7) is 0.492. The van der Waals surface area contributed by atoms with Crippen molar-refractivity contribution in [2.75, 3.05) is 12.3 Å². The predicted octanol–water partition coefficient (Wildman–Crippen LogP) is 2.45. The Kier molecular flexibility index (Phi) is 4.86. The number of anilines is 1. The van der Waals surface area contributed by atoms with Gasteiger partial charge in [0.1, 0.15) is 11.8 Å². The van der Waals surface area contributed by atoms with Crippen molar-refractivity contribution in [1.82, 2.24) is 25.5 Å². The number of nitrogens with zero attached hydrogens (tertiary/aromatic N) is 4. The number of fused-ring (bicyclic) bond motifs is 1. The summed E-state index contributed by atoms with van der Waals surface area (Å²) in [5.74, 6) is -0.0391. The number of carbonyl (C=O) groups excluding carboxylic acids is 1. The fourth-order valence-electron chi connectivity index (χ4n) is 3.05. The van der Waals surface area contributed by atoms with E-state index in [0.717, 1.165) is 22.0 Å². The van der Waals surface area contributed by atoms with Crippen molar-refractivity contribution < 1.29 is 4.79 Å². The van der Waals surface area contributed by atoms with Crippen LogP contribution in [0.15, 0.2) is 54.9 Å². The third kappa shape index (κ3) is 3.89. The molecule has 142 valence electrons. The number of H-pyrrole nitrogens is 1. The smallest absolute Gasteiger partial charge is 0.251 e. The van der Waals surface area contributed by atoms with Crippen LogP contribution in [0, 0.1) is 11.3 Å². The minimum atomic E-state index is -0.154. The van der Waals surface area contributed by atoms with Crippen LogP contribution < -0.4 is 11.1 Å². The zero-order chi connectivity index (χ0) is 20.2. The molecular formula is C21H17N7O. The third-order valence-electron chi connectivity index (χ3n) is 4.59. The molecule has 8 nitrogen and oxygen atoms in total. The molecule has 0 saturated heterocycles. The molecular weight excluding hydrogens is 366 g/mol. The second-order valence-corrected chi connectivity index (χ2v) is 6.48. The van der Waals surface area contributed by atoms with Gasteiger partial charge >= 0.3 is 0 Å². The Hall–Kier alpha value is -4.25. The molecule has 2 heterocycles. The highest BCUT2D eigenvalue weighted by atomic mass is 16.1. The van der Waals surface area contributed by atoms with Crippen LogP contribution in [0.3, 0.4) is 0 Å². The highest BCUT2D eigenvalue weighted by Gasteiger charge is 2.08. The zero-order valence-electron chi connectivity index (χ0n) is 15.4. The minimum absolute atomic E-state index is 0.115. The van der Waals surface area contributed by atoms with Crippen molar-refractivity contribution in [3.8, 4) is 17.3 Å². The average molecular weight is 383 g/mol. The van der Waals surface area contributed by atoms with Gasteiger partial charge in [0.2, 0.25) is 5.95 Å². The van der Waals surface area contributed by atoms with Gasteiger partial charge in [0.05, 0.1) is 11.8 Å². The first-order chi connectivity index (χ1) is 14.1. The van der Waals surface area contributed by atoms with Crippen LogP contribution in [0.4, 0.5) is 5.95 Å². The van der Waals surface area contributed by atoms with Crippen LogP contribution in [0.1, 0.15) is 21.5 Å². The monoisotopic (exact) mass is 383 g/mol. The first-order valence-electron chi connectivity index (χ1n) is 8.98. The van der Waals surface area contributed by atoms with Crippen LogP contribution in [0.25, 0.3) is 22.2 Å². The second kappa shape index (κ2) is 7.78. The highest BCUT2D eigenvalue weighted by molar-refractivity contribution is 5.94. The van der Waals surface area contributed by atoms with Crippen molar-refractivity contribution in [1.29, 1.82) is 5.26 Å². The van der Waals surface area contributed by atoms with Crippen molar-refractivity contribution in [2.24, 2.45) is 0 Å². The van der Waals surface area contributed by atoms with Crippen molar-refractivity contribution in [3.63, 3.8) is 0 Å². The van der Waals surface area contributed by atoms with E-state index in [9.17, 15) is 4.79 Å². The Morgan fingerprint density at radius 3 is 2.72 bits per heavy atom. The van der Waals surface area contributed by atoms with Gasteiger partial charge in [0.25, 0.3) is 5.91 Å². The third-order valence-corrected chi connectivity index (χ3v) is 4.59. The molecule has 2 aromatic heterocycles. The van der Waals surface area contributed by atoms with Gasteiger partial charge in [-0.25, -0.2) is 4.98 Å². The van der Waals surface area contributed by atoms with Crippen LogP contribution in [0.5, 0.6) is 0 Å². The maximum Gasteiger partial charge on any atom is 0.251 e. The number of aromatic nitrogens is 4. The Morgan fingerprint density at radius 1 is 1.17 bits per heavy atom. The Labute approximate surface area is 166 Å². The lowest BCUT2D eigenvalue weighted by Crippen LogP contribution is -2.25. The summed E-state index contributed by atoms with van der Waals surface area (Å²) < 4.78 is 0. The predicted molar refractivity (Wildman–Crippen MR) is 109 cm³/mol. The number of amides is 1. The molecule has 4 rings (SSSR count). The summed E-state index contributed by atoms with van der Waals surface area (Å²) in [4.78, 5) is 19.4. The molecule has 4 aromatic rings. The number of nitrogens with one attached hydrogen (secondary N) is 2. The number of hydrogen-bond donors (Lipinski definition) is 3. The van der Waals surface area contributed by atoms with E-state index in [-0.39, 0.29) is 11.9 Å². The van der Waals surface area contributed by atoms with Gasteiger partial charge in [-0.15, -0.1) is 10.2 Å². The van der Waals surface area contributed by atoms with E-state index < -0.39 is 0 Å². The maximum atomic E-state index is 12.4. The van der Waals surface area contributed by atoms with Gasteiger partial charge in [-0.05, 0) is 36.2 Å². The molecule has 8 heteroatoms. The van der Waals surface area contributed by atoms with Crippen LogP contribution in [-0.4, -0.2) is 32.6 Å². The highest BCUT2D eigenvalue weighted by Crippen LogP contribution is 2.19. The number of carbonyl (C=O) groups is 1. The van der Waals surface area contributed by atoms with Gasteiger partial charge < -0.3 is 16.0 Å². The summed E-state index contributed by atoms with van der Waals surface area (Å²) in [6, 6.07) is 15.1. The van der Waals surface area contributed by atoms with E-state index in [1.807, 2.05) is 18.2 Å². The lowest BCUT2D eigenvalue weighted by molar-refractivity contribution is 0.0954. The summed E-state index contributed by atoms with van der Waals surface area (Å²) in [5, 5.41) is 20.7. The zero-order valence-corrected chi connectivity index (χ0v) is 15.4. The molecule has 0 aliphatic rings. The van der Waals surface area contributed by atoms with E-state index in [0.29, 0.717) is 29.8 Å². The molecule has 0 atom stereocenters. The molecule has 0 unspecified atom stereocenters. The number of benzene rings is 2. The Bertz CT molecular complexity index is 1200. The van der Waals surface area contributed by atoms with E-state index in [1.54, 1.807) is 30.5 Å². The summed E-state index contributed by atoms with van der Waals surface area (Å²) in [6.07, 6.45) is 3.91. The first kappa shape index (κ1) is 18.1. The van der Waals surface area contributed by atoms with E-state index >= 15 is 0 Å². The fraction of sp³-hybridized carbons (Fsp3) is 0.0952. The van der Waals surface area contributed by atoms with Gasteiger partial charge in [-0.2, -0.15) is 5.26 Å². The van der Waals surface area contributed by atoms with Gasteiger partial charge in [-0.1, -0.05) is 18.2 Å². The minimum Gasteiger partial charge on any atom is -0.366 e. The lowest BCUT2D eigenvalue weighted by Gasteiger charge is -2.07. The molecule has 0 aliphatic carbocycles. The topological polar surface area (TPSA) is 133 Å². The van der Waals surface area contributed by atoms with Gasteiger partial charge in [0.15, 0.2) is 0 Å². The molecule has 0 bridgehead atoms. The molecule has 29 heavy (non-hydrogen) atoms. The number of nitrogens with two attached hydrogens (primary N) is 1. The summed E-state index contributed by atoms with van der Waals surface area (Å²) >= 11 is 0. The standard InChI is InChI=1S/C21H17N7O/c22-10-16-11-25-18-6-1-13(9-17(16)18)7-8-24-20(29)15-4-2-14(3-5-15)19-12-26-21(23)28-27-19/h1-6,9,11-12,25H,7-8H2,(H,24,29)(H2,23,26,28). The van der Waals surface area contributed by atoms with E-state index in [4.69, 9.17) is 11.0 Å². The van der Waals surface area contributed by atoms with Crippen LogP contribution in [0.2, 0.25) is 0 Å². The van der Waals surface area contributed by atoms with Gasteiger partial charge in [-0.3, -0.25) is 4.79 Å². The molecule has 0 spiro atoms. The molecule has 0 saturated carbocycles. The quantitative estimate of drug-likeness (QED) is 0.485. The number of nitrogen functional groups attached to an aromatic ring is 1. The molecule has 0 radical (unpaired) electrons. The summed E-state index contributed by atoms with van der Waals surface area (Å²) in [7, 11) is 0. The van der Waals surface area contributed by atoms with E-state index in [2.05, 4.69) is 31.6 Å². The Balaban J connectivity index is 1.37. The number of rotatable bonds is 5. The molecule has 0 aliphatic heterocycles. The van der Waals surface area contributed by atoms with Crippen LogP contribution in [-0.2, 0) is 6.42 Å². The SMILES string of the molecule is N#Cc1c[nH]c2ccc(CCNC(=O)c3ccc(-c4cnc(N)nn4)cc3)cc12. The number of nitriles is 1. The molecule has 1 amide bonds. The molecule has 4 N–H and O–H groups in total. The molecule has 2 aromatic carbocycles. The van der Waals surface area contributed by atoms with Crippen molar-refractivity contribution >= 4 is 22.8 Å². The summed E-state index contributed by atoms with van der Waals surface area (Å²) in [5.41, 5.74) is 9.98. The largest absolute Gasteiger partial charge is 0.366 e. The molecule has 0 fully saturated rings. The van der Waals surface area contributed by atoms with Gasteiger partial charge in [0, 0.05) is 34.8 Å². The fourth-order valence-corrected chi connectivity index (χ4v) is 3.05. The van der Waals surface area contributed by atoms with E-state index in [1.165, 1.54) is 6.20 Å². The average Bonchev–Trinajstić information content (AvgIpc) is 3.17.